The Labute approximate surface area is 82.1 Å². The van der Waals surface area contributed by atoms with Crippen LogP contribution in [0.4, 0.5) is 0 Å². The van der Waals surface area contributed by atoms with Crippen molar-refractivity contribution in [3.63, 3.8) is 0 Å². The molecule has 0 spiro atoms. The summed E-state index contributed by atoms with van der Waals surface area (Å²) in [7, 11) is 0. The minimum absolute atomic E-state index is 0.0856. The Kier molecular flexibility index (Phi) is 4.45. The van der Waals surface area contributed by atoms with Gasteiger partial charge in [0.05, 0.1) is 0 Å². The van der Waals surface area contributed by atoms with E-state index in [0.717, 1.165) is 6.42 Å². The van der Waals surface area contributed by atoms with Crippen LogP contribution >= 0.6 is 0 Å². The second-order valence-corrected chi connectivity index (χ2v) is 5.33. The van der Waals surface area contributed by atoms with Crippen molar-refractivity contribution in [1.82, 2.24) is 5.32 Å². The number of hydrogen-bond donors (Lipinski definition) is 1. The highest BCUT2D eigenvalue weighted by Crippen LogP contribution is 2.20. The highest BCUT2D eigenvalue weighted by atomic mass is 16.1. The summed E-state index contributed by atoms with van der Waals surface area (Å²) in [5.41, 5.74) is 0.281. The highest BCUT2D eigenvalue weighted by molar-refractivity contribution is 5.78. The quantitative estimate of drug-likeness (QED) is 0.719. The molecule has 0 heterocycles. The van der Waals surface area contributed by atoms with Crippen molar-refractivity contribution in [3.8, 4) is 0 Å². The summed E-state index contributed by atoms with van der Waals surface area (Å²) in [6.07, 6.45) is 1.02. The lowest BCUT2D eigenvalue weighted by molar-refractivity contribution is -0.124. The molecule has 0 aromatic heterocycles. The zero-order valence-electron chi connectivity index (χ0n) is 9.77. The van der Waals surface area contributed by atoms with Crippen LogP contribution in [0.3, 0.4) is 0 Å². The van der Waals surface area contributed by atoms with Crippen molar-refractivity contribution in [1.29, 1.82) is 0 Å². The van der Waals surface area contributed by atoms with E-state index in [2.05, 4.69) is 33.0 Å². The van der Waals surface area contributed by atoms with Gasteiger partial charge >= 0.3 is 0 Å². The summed E-state index contributed by atoms with van der Waals surface area (Å²) < 4.78 is 0. The zero-order chi connectivity index (χ0) is 10.6. The summed E-state index contributed by atoms with van der Waals surface area (Å²) in [5, 5.41) is 3.00. The third-order valence-corrected chi connectivity index (χ3v) is 1.83. The molecule has 0 aliphatic rings. The van der Waals surface area contributed by atoms with Gasteiger partial charge in [-0.3, -0.25) is 4.79 Å². The first-order valence-electron chi connectivity index (χ1n) is 5.03. The monoisotopic (exact) mass is 185 g/mol. The van der Waals surface area contributed by atoms with Crippen LogP contribution in [0.1, 0.15) is 48.0 Å². The minimum Gasteiger partial charge on any atom is -0.353 e. The van der Waals surface area contributed by atoms with Crippen molar-refractivity contribution in [2.24, 2.45) is 11.3 Å². The molecular weight excluding hydrogens is 162 g/mol. The maximum atomic E-state index is 11.3. The van der Waals surface area contributed by atoms with Crippen LogP contribution in [0.25, 0.3) is 0 Å². The molecule has 0 rings (SSSR count). The van der Waals surface area contributed by atoms with Gasteiger partial charge in [-0.15, -0.1) is 0 Å². The molecule has 78 valence electrons. The Morgan fingerprint density at radius 3 is 2.00 bits per heavy atom. The van der Waals surface area contributed by atoms with Gasteiger partial charge in [0.1, 0.15) is 0 Å². The molecule has 0 aromatic rings. The molecule has 0 aliphatic carbocycles. The van der Waals surface area contributed by atoms with Crippen molar-refractivity contribution in [2.75, 3.05) is 0 Å². The molecule has 1 atom stereocenters. The molecule has 1 amide bonds. The van der Waals surface area contributed by atoms with Gasteiger partial charge in [-0.05, 0) is 18.8 Å². The van der Waals surface area contributed by atoms with Crippen LogP contribution < -0.4 is 5.32 Å². The Morgan fingerprint density at radius 2 is 1.69 bits per heavy atom. The topological polar surface area (TPSA) is 29.1 Å². The van der Waals surface area contributed by atoms with Gasteiger partial charge in [0.15, 0.2) is 0 Å². The molecule has 0 aliphatic heterocycles. The summed E-state index contributed by atoms with van der Waals surface area (Å²) >= 11 is 0. The molecule has 2 heteroatoms. The van der Waals surface area contributed by atoms with Gasteiger partial charge < -0.3 is 5.32 Å². The molecule has 13 heavy (non-hydrogen) atoms. The molecule has 2 nitrogen and oxygen atoms in total. The number of nitrogens with one attached hydrogen (secondary N) is 1. The average molecular weight is 185 g/mol. The van der Waals surface area contributed by atoms with Crippen LogP contribution in [0.5, 0.6) is 0 Å². The Bertz CT molecular complexity index is 167. The number of amides is 1. The maximum Gasteiger partial charge on any atom is 0.222 e. The van der Waals surface area contributed by atoms with E-state index in [1.54, 1.807) is 0 Å². The van der Waals surface area contributed by atoms with Gasteiger partial charge in [0.2, 0.25) is 5.91 Å². The van der Waals surface area contributed by atoms with Crippen molar-refractivity contribution in [3.05, 3.63) is 0 Å². The standard InChI is InChI=1S/C11H23NO/c1-8(2)10(13)12-9(3)7-11(4,5)6/h8-9H,7H2,1-6H3,(H,12,13)/t9-/m1/s1. The average Bonchev–Trinajstić information content (AvgIpc) is 1.81. The van der Waals surface area contributed by atoms with Gasteiger partial charge in [-0.2, -0.15) is 0 Å². The fourth-order valence-electron chi connectivity index (χ4n) is 1.38. The molecule has 0 bridgehead atoms. The largest absolute Gasteiger partial charge is 0.353 e. The summed E-state index contributed by atoms with van der Waals surface area (Å²) in [6, 6.07) is 0.273. The molecule has 0 saturated carbocycles. The lowest BCUT2D eigenvalue weighted by atomic mass is 9.88. The van der Waals surface area contributed by atoms with E-state index < -0.39 is 0 Å². The highest BCUT2D eigenvalue weighted by Gasteiger charge is 2.17. The Morgan fingerprint density at radius 1 is 1.23 bits per heavy atom. The van der Waals surface area contributed by atoms with Gasteiger partial charge in [-0.25, -0.2) is 0 Å². The summed E-state index contributed by atoms with van der Waals surface area (Å²) in [6.45, 7) is 12.4. The molecule has 0 radical (unpaired) electrons. The Hall–Kier alpha value is -0.530. The van der Waals surface area contributed by atoms with Crippen molar-refractivity contribution < 1.29 is 4.79 Å². The normalized spacial score (nSPS) is 14.4. The van der Waals surface area contributed by atoms with Crippen molar-refractivity contribution >= 4 is 5.91 Å². The van der Waals surface area contributed by atoms with E-state index in [0.29, 0.717) is 0 Å². The van der Waals surface area contributed by atoms with Gasteiger partial charge in [0.25, 0.3) is 0 Å². The fourth-order valence-corrected chi connectivity index (χ4v) is 1.38. The molecule has 0 saturated heterocycles. The van der Waals surface area contributed by atoms with Crippen LogP contribution in [0.2, 0.25) is 0 Å². The maximum absolute atomic E-state index is 11.3. The number of rotatable bonds is 3. The second kappa shape index (κ2) is 4.64. The first-order chi connectivity index (χ1) is 5.72. The Balaban J connectivity index is 3.88. The first kappa shape index (κ1) is 12.5. The third-order valence-electron chi connectivity index (χ3n) is 1.83. The van der Waals surface area contributed by atoms with Crippen LogP contribution in [-0.2, 0) is 4.79 Å². The predicted octanol–water partition coefficient (Wildman–Crippen LogP) is 2.58. The van der Waals surface area contributed by atoms with E-state index in [4.69, 9.17) is 0 Å². The predicted molar refractivity (Wildman–Crippen MR) is 56.5 cm³/mol. The second-order valence-electron chi connectivity index (χ2n) is 5.33. The molecule has 0 aromatic carbocycles. The van der Waals surface area contributed by atoms with Crippen LogP contribution in [-0.4, -0.2) is 11.9 Å². The molecular formula is C11H23NO. The van der Waals surface area contributed by atoms with Crippen molar-refractivity contribution in [2.45, 2.75) is 54.0 Å². The van der Waals surface area contributed by atoms with E-state index >= 15 is 0 Å². The molecule has 0 fully saturated rings. The lowest BCUT2D eigenvalue weighted by Crippen LogP contribution is -2.37. The number of hydrogen-bond acceptors (Lipinski definition) is 1. The fraction of sp³-hybridized carbons (Fsp3) is 0.909. The van der Waals surface area contributed by atoms with E-state index in [-0.39, 0.29) is 23.3 Å². The van der Waals surface area contributed by atoms with Crippen LogP contribution in [0, 0.1) is 11.3 Å². The van der Waals surface area contributed by atoms with E-state index in [1.807, 2.05) is 13.8 Å². The molecule has 0 unspecified atom stereocenters. The first-order valence-corrected chi connectivity index (χ1v) is 5.03. The minimum atomic E-state index is 0.0856. The lowest BCUT2D eigenvalue weighted by Gasteiger charge is -2.24. The van der Waals surface area contributed by atoms with E-state index in [1.165, 1.54) is 0 Å². The SMILES string of the molecule is CC(C)C(=O)N[C@H](C)CC(C)(C)C. The summed E-state index contributed by atoms with van der Waals surface area (Å²) in [4.78, 5) is 11.3. The summed E-state index contributed by atoms with van der Waals surface area (Å²) in [5.74, 6) is 0.235. The molecule has 1 N–H and O–H groups in total. The van der Waals surface area contributed by atoms with Gasteiger partial charge in [0, 0.05) is 12.0 Å². The van der Waals surface area contributed by atoms with Crippen LogP contribution in [0.15, 0.2) is 0 Å². The third kappa shape index (κ3) is 6.62. The zero-order valence-corrected chi connectivity index (χ0v) is 9.77. The van der Waals surface area contributed by atoms with Gasteiger partial charge in [-0.1, -0.05) is 34.6 Å². The number of carbonyl (C=O) groups is 1. The number of carbonyl (C=O) groups excluding carboxylic acids is 1. The van der Waals surface area contributed by atoms with E-state index in [9.17, 15) is 4.79 Å². The smallest absolute Gasteiger partial charge is 0.222 e.